The van der Waals surface area contributed by atoms with Crippen LogP contribution in [0.2, 0.25) is 5.04 Å². The Balaban J connectivity index is 1.47. The minimum absolute atomic E-state index is 0.0710. The minimum atomic E-state index is -4.73. The number of halogens is 3. The predicted molar refractivity (Wildman–Crippen MR) is 176 cm³/mol. The Morgan fingerprint density at radius 2 is 1.54 bits per heavy atom. The van der Waals surface area contributed by atoms with Gasteiger partial charge in [-0.3, -0.25) is 10.3 Å². The fourth-order valence-electron chi connectivity index (χ4n) is 7.03. The minimum Gasteiger partial charge on any atom is -0.441 e. The van der Waals surface area contributed by atoms with Gasteiger partial charge in [0.15, 0.2) is 23.4 Å². The van der Waals surface area contributed by atoms with E-state index < -0.39 is 67.2 Å². The molecule has 3 heterocycles. The van der Waals surface area contributed by atoms with Gasteiger partial charge in [-0.1, -0.05) is 102 Å². The molecule has 1 N–H and O–H groups in total. The Bertz CT molecular complexity index is 1540. The van der Waals surface area contributed by atoms with Gasteiger partial charge in [0.05, 0.1) is 25.6 Å². The van der Waals surface area contributed by atoms with Crippen molar-refractivity contribution in [2.24, 2.45) is 5.41 Å². The van der Waals surface area contributed by atoms with E-state index in [2.05, 4.69) is 60.3 Å². The van der Waals surface area contributed by atoms with E-state index in [0.717, 1.165) is 16.6 Å². The van der Waals surface area contributed by atoms with Crippen LogP contribution in [-0.2, 0) is 29.5 Å². The molecule has 1 amide bonds. The van der Waals surface area contributed by atoms with Gasteiger partial charge < -0.3 is 23.4 Å². The second-order valence-corrected chi connectivity index (χ2v) is 19.0. The normalized spacial score (nSPS) is 24.5. The van der Waals surface area contributed by atoms with E-state index in [1.807, 2.05) is 57.2 Å². The van der Waals surface area contributed by atoms with Crippen LogP contribution in [0.15, 0.2) is 73.1 Å². The van der Waals surface area contributed by atoms with Crippen molar-refractivity contribution < 1.29 is 41.3 Å². The summed E-state index contributed by atoms with van der Waals surface area (Å²) in [7, 11) is -2.97. The van der Waals surface area contributed by atoms with Crippen molar-refractivity contribution in [2.75, 3.05) is 18.5 Å². The highest BCUT2D eigenvalue weighted by Crippen LogP contribution is 2.54. The molecule has 0 bridgehead atoms. The Morgan fingerprint density at radius 3 is 2.06 bits per heavy atom. The maximum absolute atomic E-state index is 13.2. The summed E-state index contributed by atoms with van der Waals surface area (Å²) in [5.74, 6) is -1.50. The molecule has 5 rings (SSSR count). The molecule has 48 heavy (non-hydrogen) atoms. The summed E-state index contributed by atoms with van der Waals surface area (Å²) in [5, 5.41) is 4.19. The zero-order valence-corrected chi connectivity index (χ0v) is 29.6. The number of ether oxygens (including phenoxy) is 4. The molecule has 2 saturated heterocycles. The molecule has 9 nitrogen and oxygen atoms in total. The van der Waals surface area contributed by atoms with E-state index >= 15 is 0 Å². The number of fused-ring (bicyclic) bond motifs is 1. The first-order valence-electron chi connectivity index (χ1n) is 15.9. The maximum Gasteiger partial charge on any atom is 0.434 e. The number of nitrogens with zero attached hydrogens (tertiary/aromatic N) is 2. The molecule has 1 aromatic heterocycles. The summed E-state index contributed by atoms with van der Waals surface area (Å²) >= 11 is 0. The molecule has 0 radical (unpaired) electrons. The average molecular weight is 688 g/mol. The topological polar surface area (TPSA) is 101 Å². The third-order valence-corrected chi connectivity index (χ3v) is 14.0. The molecule has 0 spiro atoms. The second-order valence-electron chi connectivity index (χ2n) is 14.7. The number of nitrogens with one attached hydrogen (secondary N) is 1. The number of alkyl halides is 3. The van der Waals surface area contributed by atoms with E-state index in [0.29, 0.717) is 6.20 Å². The van der Waals surface area contributed by atoms with Crippen LogP contribution in [0.5, 0.6) is 0 Å². The van der Waals surface area contributed by atoms with Gasteiger partial charge in [0.1, 0.15) is 17.8 Å². The molecular weight excluding hydrogens is 643 g/mol. The largest absolute Gasteiger partial charge is 0.441 e. The molecule has 13 heteroatoms. The van der Waals surface area contributed by atoms with Gasteiger partial charge in [-0.15, -0.1) is 0 Å². The number of rotatable bonds is 7. The zero-order valence-electron chi connectivity index (χ0n) is 28.6. The van der Waals surface area contributed by atoms with Crippen molar-refractivity contribution in [3.63, 3.8) is 0 Å². The molecule has 260 valence electrons. The van der Waals surface area contributed by atoms with E-state index in [9.17, 15) is 18.0 Å². The number of hydrogen-bond donors (Lipinski definition) is 1. The zero-order chi connectivity index (χ0) is 35.2. The van der Waals surface area contributed by atoms with Gasteiger partial charge in [-0.25, -0.2) is 9.78 Å². The van der Waals surface area contributed by atoms with Gasteiger partial charge in [0.25, 0.3) is 8.32 Å². The number of amides is 1. The van der Waals surface area contributed by atoms with Crippen LogP contribution >= 0.6 is 0 Å². The van der Waals surface area contributed by atoms with E-state index in [1.165, 1.54) is 0 Å². The SMILES string of the molecule is CC1(C)O[C@@H]2[C@@H](OC(=O)Nc3cncc(C(F)(F)F)n3)CO[C@H](CO[Si](c3ccccc3)(c3ccccc3)C(C)(C)C)[C@@]2(C(C)(C)C)O1. The number of carbonyl (C=O) groups is 1. The first-order valence-corrected chi connectivity index (χ1v) is 17.8. The quantitative estimate of drug-likeness (QED) is 0.288. The Morgan fingerprint density at radius 1 is 0.958 bits per heavy atom. The fourth-order valence-corrected chi connectivity index (χ4v) is 11.6. The van der Waals surface area contributed by atoms with E-state index in [4.69, 9.17) is 23.4 Å². The lowest BCUT2D eigenvalue weighted by atomic mass is 9.67. The predicted octanol–water partition coefficient (Wildman–Crippen LogP) is 6.32. The maximum atomic E-state index is 13.2. The number of benzene rings is 2. The first kappa shape index (κ1) is 35.9. The van der Waals surface area contributed by atoms with Crippen molar-refractivity contribution in [1.29, 1.82) is 0 Å². The number of aromatic nitrogens is 2. The van der Waals surface area contributed by atoms with Gasteiger partial charge >= 0.3 is 12.3 Å². The highest BCUT2D eigenvalue weighted by Gasteiger charge is 2.69. The van der Waals surface area contributed by atoms with Crippen LogP contribution in [0.3, 0.4) is 0 Å². The first-order chi connectivity index (χ1) is 22.3. The lowest BCUT2D eigenvalue weighted by Gasteiger charge is -2.53. The molecule has 2 fully saturated rings. The van der Waals surface area contributed by atoms with Crippen LogP contribution in [0.25, 0.3) is 0 Å². The van der Waals surface area contributed by atoms with E-state index in [-0.39, 0.29) is 18.3 Å². The summed E-state index contributed by atoms with van der Waals surface area (Å²) in [5.41, 5.74) is -3.04. The monoisotopic (exact) mass is 687 g/mol. The van der Waals surface area contributed by atoms with Gasteiger partial charge in [-0.05, 0) is 34.7 Å². The Labute approximate surface area is 280 Å². The van der Waals surface area contributed by atoms with Crippen molar-refractivity contribution in [2.45, 2.75) is 96.3 Å². The van der Waals surface area contributed by atoms with Crippen molar-refractivity contribution in [3.8, 4) is 0 Å². The molecule has 0 unspecified atom stereocenters. The molecule has 2 aliphatic rings. The lowest BCUT2D eigenvalue weighted by Crippen LogP contribution is -2.71. The van der Waals surface area contributed by atoms with Crippen molar-refractivity contribution in [3.05, 3.63) is 78.8 Å². The summed E-state index contributed by atoms with van der Waals surface area (Å²) in [6.07, 6.45) is -6.63. The molecule has 2 aromatic carbocycles. The van der Waals surface area contributed by atoms with E-state index in [1.54, 1.807) is 13.8 Å². The highest BCUT2D eigenvalue weighted by molar-refractivity contribution is 6.99. The summed E-state index contributed by atoms with van der Waals surface area (Å²) in [6, 6.07) is 20.5. The number of carbonyl (C=O) groups excluding carboxylic acids is 1. The lowest BCUT2D eigenvalue weighted by molar-refractivity contribution is -0.252. The van der Waals surface area contributed by atoms with Crippen LogP contribution < -0.4 is 15.7 Å². The van der Waals surface area contributed by atoms with Crippen LogP contribution in [-0.4, -0.2) is 67.3 Å². The van der Waals surface area contributed by atoms with Crippen LogP contribution in [0, 0.1) is 5.41 Å². The molecule has 0 saturated carbocycles. The standard InChI is InChI=1S/C35H44F3N3O6Si/c1-31(2,3)34-27(22-44-48(32(4,5)6,23-15-11-9-12-16-23)24-17-13-10-14-18-24)43-21-25(29(34)46-33(7,8)47-34)45-30(42)41-28-20-39-19-26(40-28)35(36,37)38/h9-20,25,27,29H,21-22H2,1-8H3,(H,40,41,42)/t25-,27+,29+,34+/m0/s1. The van der Waals surface area contributed by atoms with Crippen LogP contribution in [0.1, 0.15) is 61.1 Å². The average Bonchev–Trinajstić information content (AvgIpc) is 3.31. The fraction of sp³-hybridized carbons (Fsp3) is 0.514. The molecular formula is C35H44F3N3O6Si. The van der Waals surface area contributed by atoms with Gasteiger partial charge in [0, 0.05) is 0 Å². The third-order valence-electron chi connectivity index (χ3n) is 8.98. The number of hydrogen-bond acceptors (Lipinski definition) is 8. The molecule has 4 atom stereocenters. The Kier molecular flexibility index (Phi) is 9.60. The highest BCUT2D eigenvalue weighted by atomic mass is 28.4. The van der Waals surface area contributed by atoms with Gasteiger partial charge in [-0.2, -0.15) is 13.2 Å². The van der Waals surface area contributed by atoms with Crippen LogP contribution in [0.4, 0.5) is 23.8 Å². The third kappa shape index (κ3) is 6.75. The summed E-state index contributed by atoms with van der Waals surface area (Å²) < 4.78 is 72.4. The Hall–Kier alpha value is -3.36. The summed E-state index contributed by atoms with van der Waals surface area (Å²) in [6.45, 7) is 16.2. The van der Waals surface area contributed by atoms with Crippen molar-refractivity contribution in [1.82, 2.24) is 9.97 Å². The summed E-state index contributed by atoms with van der Waals surface area (Å²) in [4.78, 5) is 20.0. The van der Waals surface area contributed by atoms with Gasteiger partial charge in [0.2, 0.25) is 0 Å². The smallest absolute Gasteiger partial charge is 0.434 e. The molecule has 0 aliphatic carbocycles. The molecule has 3 aromatic rings. The molecule has 2 aliphatic heterocycles. The number of anilines is 1. The second kappa shape index (κ2) is 12.8. The van der Waals surface area contributed by atoms with Crippen molar-refractivity contribution >= 4 is 30.6 Å².